The van der Waals surface area contributed by atoms with E-state index in [1.54, 1.807) is 6.07 Å². The van der Waals surface area contributed by atoms with E-state index in [4.69, 9.17) is 0 Å². The van der Waals surface area contributed by atoms with E-state index < -0.39 is 9.84 Å². The first kappa shape index (κ1) is 16.3. The highest BCUT2D eigenvalue weighted by molar-refractivity contribution is 7.91. The van der Waals surface area contributed by atoms with Crippen LogP contribution in [0.15, 0.2) is 18.3 Å². The first-order chi connectivity index (χ1) is 10.00. The SMILES string of the molecule is CNC(CCN1CCCS(=O)(=O)CC1)c1ccc(F)cn1. The van der Waals surface area contributed by atoms with Crippen molar-refractivity contribution in [2.24, 2.45) is 0 Å². The summed E-state index contributed by atoms with van der Waals surface area (Å²) >= 11 is 0. The molecule has 0 amide bonds. The predicted molar refractivity (Wildman–Crippen MR) is 80.3 cm³/mol. The van der Waals surface area contributed by atoms with Crippen LogP contribution in [0.1, 0.15) is 24.6 Å². The molecule has 0 radical (unpaired) electrons. The molecule has 1 fully saturated rings. The topological polar surface area (TPSA) is 62.3 Å². The van der Waals surface area contributed by atoms with Gasteiger partial charge in [0.2, 0.25) is 0 Å². The van der Waals surface area contributed by atoms with E-state index in [1.807, 2.05) is 7.05 Å². The number of hydrogen-bond acceptors (Lipinski definition) is 5. The molecule has 1 saturated heterocycles. The van der Waals surface area contributed by atoms with Crippen molar-refractivity contribution in [3.05, 3.63) is 29.8 Å². The van der Waals surface area contributed by atoms with Crippen LogP contribution in [0, 0.1) is 5.82 Å². The molecule has 0 saturated carbocycles. The summed E-state index contributed by atoms with van der Waals surface area (Å²) in [6.07, 6.45) is 2.73. The van der Waals surface area contributed by atoms with Crippen molar-refractivity contribution in [1.82, 2.24) is 15.2 Å². The molecule has 2 rings (SSSR count). The molecule has 1 atom stereocenters. The summed E-state index contributed by atoms with van der Waals surface area (Å²) in [5.41, 5.74) is 0.807. The largest absolute Gasteiger partial charge is 0.312 e. The number of hydrogen-bond donors (Lipinski definition) is 1. The normalized spacial score (nSPS) is 20.9. The number of aromatic nitrogens is 1. The van der Waals surface area contributed by atoms with E-state index in [-0.39, 0.29) is 17.6 Å². The summed E-state index contributed by atoms with van der Waals surface area (Å²) in [5.74, 6) is 0.191. The molecule has 1 unspecified atom stereocenters. The van der Waals surface area contributed by atoms with Crippen LogP contribution in [0.4, 0.5) is 4.39 Å². The standard InChI is InChI=1S/C14H22FN3O2S/c1-16-13(14-4-3-12(15)11-17-14)5-7-18-6-2-9-21(19,20)10-8-18/h3-4,11,13,16H,2,5-10H2,1H3. The summed E-state index contributed by atoms with van der Waals surface area (Å²) < 4.78 is 36.1. The van der Waals surface area contributed by atoms with Gasteiger partial charge in [0.1, 0.15) is 5.82 Å². The number of nitrogens with zero attached hydrogens (tertiary/aromatic N) is 2. The molecular weight excluding hydrogens is 293 g/mol. The molecule has 21 heavy (non-hydrogen) atoms. The second kappa shape index (κ2) is 7.29. The molecule has 1 aromatic rings. The van der Waals surface area contributed by atoms with E-state index in [0.717, 1.165) is 25.2 Å². The molecular formula is C14H22FN3O2S. The fourth-order valence-corrected chi connectivity index (χ4v) is 3.87. The first-order valence-electron chi connectivity index (χ1n) is 7.22. The van der Waals surface area contributed by atoms with Crippen LogP contribution in [-0.2, 0) is 9.84 Å². The van der Waals surface area contributed by atoms with E-state index >= 15 is 0 Å². The fourth-order valence-electron chi connectivity index (χ4n) is 2.56. The Bertz CT molecular complexity index is 548. The maximum atomic E-state index is 12.9. The van der Waals surface area contributed by atoms with Gasteiger partial charge in [-0.25, -0.2) is 12.8 Å². The molecule has 0 bridgehead atoms. The molecule has 1 N–H and O–H groups in total. The molecule has 118 valence electrons. The van der Waals surface area contributed by atoms with E-state index in [9.17, 15) is 12.8 Å². The van der Waals surface area contributed by atoms with Crippen molar-refractivity contribution >= 4 is 9.84 Å². The van der Waals surface area contributed by atoms with E-state index in [1.165, 1.54) is 12.3 Å². The second-order valence-corrected chi connectivity index (χ2v) is 7.68. The van der Waals surface area contributed by atoms with Crippen molar-refractivity contribution < 1.29 is 12.8 Å². The molecule has 0 spiro atoms. The third-order valence-electron chi connectivity index (χ3n) is 3.84. The van der Waals surface area contributed by atoms with Crippen LogP contribution in [0.2, 0.25) is 0 Å². The van der Waals surface area contributed by atoms with Gasteiger partial charge >= 0.3 is 0 Å². The highest BCUT2D eigenvalue weighted by Crippen LogP contribution is 2.16. The fraction of sp³-hybridized carbons (Fsp3) is 0.643. The highest BCUT2D eigenvalue weighted by Gasteiger charge is 2.20. The molecule has 1 aromatic heterocycles. The molecule has 2 heterocycles. The van der Waals surface area contributed by atoms with Crippen molar-refractivity contribution in [1.29, 1.82) is 0 Å². The maximum Gasteiger partial charge on any atom is 0.151 e. The van der Waals surface area contributed by atoms with Gasteiger partial charge in [0.25, 0.3) is 0 Å². The lowest BCUT2D eigenvalue weighted by Crippen LogP contribution is -2.31. The Morgan fingerprint density at radius 1 is 1.38 bits per heavy atom. The Labute approximate surface area is 125 Å². The number of halogens is 1. The Morgan fingerprint density at radius 2 is 2.19 bits per heavy atom. The molecule has 7 heteroatoms. The van der Waals surface area contributed by atoms with Gasteiger partial charge in [-0.2, -0.15) is 0 Å². The number of sulfone groups is 1. The molecule has 1 aliphatic heterocycles. The van der Waals surface area contributed by atoms with Crippen molar-refractivity contribution in [3.8, 4) is 0 Å². The van der Waals surface area contributed by atoms with Crippen LogP contribution in [-0.4, -0.2) is 56.5 Å². The molecule has 0 aliphatic carbocycles. The summed E-state index contributed by atoms with van der Waals surface area (Å²) in [5, 5.41) is 3.18. The first-order valence-corrected chi connectivity index (χ1v) is 9.04. The van der Waals surface area contributed by atoms with Crippen molar-refractivity contribution in [2.75, 3.05) is 38.2 Å². The zero-order chi connectivity index (χ0) is 15.3. The number of rotatable bonds is 5. The lowest BCUT2D eigenvalue weighted by atomic mass is 10.1. The van der Waals surface area contributed by atoms with Gasteiger partial charge in [-0.05, 0) is 38.6 Å². The molecule has 0 aromatic carbocycles. The molecule has 5 nitrogen and oxygen atoms in total. The van der Waals surface area contributed by atoms with Crippen molar-refractivity contribution in [3.63, 3.8) is 0 Å². The summed E-state index contributed by atoms with van der Waals surface area (Å²) in [7, 11) is -1.01. The lowest BCUT2D eigenvalue weighted by molar-refractivity contribution is 0.276. The third kappa shape index (κ3) is 5.01. The molecule has 1 aliphatic rings. The zero-order valence-electron chi connectivity index (χ0n) is 12.3. The van der Waals surface area contributed by atoms with Gasteiger partial charge in [-0.15, -0.1) is 0 Å². The van der Waals surface area contributed by atoms with Gasteiger partial charge in [0.05, 0.1) is 29.4 Å². The predicted octanol–water partition coefficient (Wildman–Crippen LogP) is 0.992. The van der Waals surface area contributed by atoms with Gasteiger partial charge < -0.3 is 10.2 Å². The summed E-state index contributed by atoms with van der Waals surface area (Å²) in [6.45, 7) is 2.21. The second-order valence-electron chi connectivity index (χ2n) is 5.38. The average molecular weight is 315 g/mol. The van der Waals surface area contributed by atoms with Crippen LogP contribution in [0.25, 0.3) is 0 Å². The van der Waals surface area contributed by atoms with Gasteiger partial charge in [0.15, 0.2) is 9.84 Å². The monoisotopic (exact) mass is 315 g/mol. The van der Waals surface area contributed by atoms with Crippen molar-refractivity contribution in [2.45, 2.75) is 18.9 Å². The quantitative estimate of drug-likeness (QED) is 0.878. The van der Waals surface area contributed by atoms with E-state index in [0.29, 0.717) is 18.7 Å². The minimum absolute atomic E-state index is 0.0467. The minimum Gasteiger partial charge on any atom is -0.312 e. The Kier molecular flexibility index (Phi) is 5.66. The minimum atomic E-state index is -2.86. The van der Waals surface area contributed by atoms with E-state index in [2.05, 4.69) is 15.2 Å². The number of pyridine rings is 1. The van der Waals surface area contributed by atoms with Gasteiger partial charge in [0, 0.05) is 13.1 Å². The lowest BCUT2D eigenvalue weighted by Gasteiger charge is -2.22. The Morgan fingerprint density at radius 3 is 2.86 bits per heavy atom. The van der Waals surface area contributed by atoms with Crippen LogP contribution in [0.3, 0.4) is 0 Å². The maximum absolute atomic E-state index is 12.9. The summed E-state index contributed by atoms with van der Waals surface area (Å²) in [6, 6.07) is 3.14. The van der Waals surface area contributed by atoms with Gasteiger partial charge in [-0.1, -0.05) is 0 Å². The summed E-state index contributed by atoms with van der Waals surface area (Å²) in [4.78, 5) is 6.28. The Balaban J connectivity index is 1.89. The van der Waals surface area contributed by atoms with Crippen LogP contribution < -0.4 is 5.32 Å². The smallest absolute Gasteiger partial charge is 0.151 e. The highest BCUT2D eigenvalue weighted by atomic mass is 32.2. The van der Waals surface area contributed by atoms with Crippen LogP contribution >= 0.6 is 0 Å². The zero-order valence-corrected chi connectivity index (χ0v) is 13.1. The van der Waals surface area contributed by atoms with Crippen LogP contribution in [0.5, 0.6) is 0 Å². The third-order valence-corrected chi connectivity index (χ3v) is 5.55. The Hall–Kier alpha value is -1.05. The average Bonchev–Trinajstić information content (AvgIpc) is 2.62. The van der Waals surface area contributed by atoms with Gasteiger partial charge in [-0.3, -0.25) is 4.98 Å². The number of nitrogens with one attached hydrogen (secondary N) is 1.